The summed E-state index contributed by atoms with van der Waals surface area (Å²) < 4.78 is 1.90. The first-order valence-electron chi connectivity index (χ1n) is 13.1. The Morgan fingerprint density at radius 2 is 1.95 bits per heavy atom. The van der Waals surface area contributed by atoms with E-state index >= 15 is 0 Å². The van der Waals surface area contributed by atoms with Crippen molar-refractivity contribution in [2.45, 2.75) is 51.6 Å². The molecule has 0 spiro atoms. The van der Waals surface area contributed by atoms with Gasteiger partial charge in [0.25, 0.3) is 0 Å². The zero-order valence-corrected chi connectivity index (χ0v) is 22.7. The average Bonchev–Trinajstić information content (AvgIpc) is 3.24. The molecule has 1 saturated carbocycles. The van der Waals surface area contributed by atoms with Crippen LogP contribution in [0, 0.1) is 17.3 Å². The van der Waals surface area contributed by atoms with Gasteiger partial charge in [-0.05, 0) is 75.6 Å². The first-order valence-corrected chi connectivity index (χ1v) is 13.9. The van der Waals surface area contributed by atoms with E-state index in [9.17, 15) is 9.90 Å². The van der Waals surface area contributed by atoms with Crippen LogP contribution >= 0.6 is 23.2 Å². The molecule has 2 saturated heterocycles. The number of hydrogen-bond acceptors (Lipinski definition) is 6. The zero-order chi connectivity index (χ0) is 25.9. The third kappa shape index (κ3) is 4.47. The van der Waals surface area contributed by atoms with Crippen LogP contribution in [0.3, 0.4) is 0 Å². The summed E-state index contributed by atoms with van der Waals surface area (Å²) in [6, 6.07) is 7.94. The van der Waals surface area contributed by atoms with Crippen molar-refractivity contribution >= 4 is 46.0 Å². The maximum Gasteiger partial charge on any atom is 0.309 e. The van der Waals surface area contributed by atoms with Gasteiger partial charge in [-0.25, -0.2) is 9.67 Å². The van der Waals surface area contributed by atoms with Crippen LogP contribution in [-0.4, -0.2) is 68.2 Å². The molecule has 196 valence electrons. The highest BCUT2D eigenvalue weighted by Gasteiger charge is 2.49. The van der Waals surface area contributed by atoms with Crippen LogP contribution in [0.25, 0.3) is 11.0 Å². The van der Waals surface area contributed by atoms with Gasteiger partial charge in [-0.2, -0.15) is 0 Å². The predicted molar refractivity (Wildman–Crippen MR) is 144 cm³/mol. The van der Waals surface area contributed by atoms with E-state index in [1.54, 1.807) is 12.3 Å². The molecule has 1 aliphatic carbocycles. The van der Waals surface area contributed by atoms with E-state index in [1.165, 1.54) is 12.8 Å². The second-order valence-electron chi connectivity index (χ2n) is 11.4. The van der Waals surface area contributed by atoms with E-state index in [0.29, 0.717) is 27.9 Å². The number of fused-ring (bicyclic) bond motifs is 1. The fraction of sp³-hybridized carbons (Fsp3) is 0.556. The van der Waals surface area contributed by atoms with Gasteiger partial charge in [-0.1, -0.05) is 34.5 Å². The lowest BCUT2D eigenvalue weighted by Crippen LogP contribution is -2.58. The molecule has 8 nitrogen and oxygen atoms in total. The third-order valence-electron chi connectivity index (χ3n) is 8.92. The van der Waals surface area contributed by atoms with Crippen molar-refractivity contribution in [1.82, 2.24) is 24.9 Å². The van der Waals surface area contributed by atoms with Gasteiger partial charge in [0.1, 0.15) is 11.3 Å². The minimum Gasteiger partial charge on any atom is -0.481 e. The molecular formula is C27H32Cl2N6O2. The number of nitrogens with zero attached hydrogens (tertiary/aromatic N) is 6. The minimum absolute atomic E-state index is 0.100. The number of aromatic nitrogens is 4. The Labute approximate surface area is 226 Å². The molecule has 2 atom stereocenters. The van der Waals surface area contributed by atoms with Crippen LogP contribution in [0.2, 0.25) is 10.0 Å². The van der Waals surface area contributed by atoms with Crippen LogP contribution in [0.4, 0.5) is 5.82 Å². The number of rotatable bonds is 6. The van der Waals surface area contributed by atoms with Crippen molar-refractivity contribution in [2.24, 2.45) is 17.3 Å². The number of carboxylic acid groups (broad SMARTS) is 1. The molecular weight excluding hydrogens is 511 g/mol. The molecule has 0 unspecified atom stereocenters. The normalized spacial score (nSPS) is 27.6. The maximum atomic E-state index is 11.5. The van der Waals surface area contributed by atoms with E-state index in [1.807, 2.05) is 23.7 Å². The summed E-state index contributed by atoms with van der Waals surface area (Å²) in [5.41, 5.74) is 2.10. The van der Waals surface area contributed by atoms with Crippen molar-refractivity contribution in [3.8, 4) is 0 Å². The fourth-order valence-corrected chi connectivity index (χ4v) is 7.00. The van der Waals surface area contributed by atoms with Crippen LogP contribution < -0.4 is 4.90 Å². The molecule has 0 radical (unpaired) electrons. The molecule has 0 amide bonds. The summed E-state index contributed by atoms with van der Waals surface area (Å²) >= 11 is 12.6. The highest BCUT2D eigenvalue weighted by atomic mass is 35.5. The topological polar surface area (TPSA) is 87.4 Å². The Hall–Kier alpha value is -2.42. The highest BCUT2D eigenvalue weighted by molar-refractivity contribution is 6.35. The Balaban J connectivity index is 1.11. The minimum atomic E-state index is -0.654. The number of carbonyl (C=O) groups is 1. The predicted octanol–water partition coefficient (Wildman–Crippen LogP) is 5.14. The number of pyridine rings is 1. The molecule has 3 fully saturated rings. The smallest absolute Gasteiger partial charge is 0.309 e. The van der Waals surface area contributed by atoms with Crippen LogP contribution in [0.1, 0.15) is 51.1 Å². The van der Waals surface area contributed by atoms with Crippen molar-refractivity contribution in [3.05, 3.63) is 46.1 Å². The standard InChI is InChI=1S/C27H32Cl2N6O2/c1-16(21-6-5-19(28)8-22(21)29)35-24-9-25(30-12-23(24)31-32-35)34-14-18(15-34)17-4-3-7-33(13-17)20-10-27(2,11-20)26(36)37/h5-6,8-9,12,16-18,20H,3-4,7,10-11,13-15H2,1-2H3,(H,36,37)/t16-,17+,20?,27?/m1/s1. The zero-order valence-electron chi connectivity index (χ0n) is 21.1. The Morgan fingerprint density at radius 3 is 2.68 bits per heavy atom. The molecule has 6 rings (SSSR count). The first-order chi connectivity index (χ1) is 17.7. The van der Waals surface area contributed by atoms with Gasteiger partial charge in [0.15, 0.2) is 0 Å². The molecule has 2 aromatic heterocycles. The van der Waals surface area contributed by atoms with Gasteiger partial charge < -0.3 is 14.9 Å². The van der Waals surface area contributed by atoms with E-state index in [-0.39, 0.29) is 6.04 Å². The van der Waals surface area contributed by atoms with Crippen LogP contribution in [0.5, 0.6) is 0 Å². The quantitative estimate of drug-likeness (QED) is 0.461. The Morgan fingerprint density at radius 1 is 1.16 bits per heavy atom. The third-order valence-corrected chi connectivity index (χ3v) is 9.48. The molecule has 3 aliphatic rings. The number of halogens is 2. The SMILES string of the molecule is C[C@H](c1ccc(Cl)cc1Cl)n1nnc2cnc(N3CC([C@H]4CCCN(C5CC(C)(C(=O)O)C5)C4)C3)cc21. The summed E-state index contributed by atoms with van der Waals surface area (Å²) in [6.45, 7) is 8.11. The van der Waals surface area contributed by atoms with E-state index in [4.69, 9.17) is 23.2 Å². The number of aliphatic carboxylic acids is 1. The molecule has 37 heavy (non-hydrogen) atoms. The summed E-state index contributed by atoms with van der Waals surface area (Å²) in [7, 11) is 0. The van der Waals surface area contributed by atoms with Gasteiger partial charge in [-0.15, -0.1) is 5.10 Å². The van der Waals surface area contributed by atoms with E-state index < -0.39 is 11.4 Å². The fourth-order valence-electron chi connectivity index (χ4n) is 6.43. The van der Waals surface area contributed by atoms with Gasteiger partial charge in [-0.3, -0.25) is 4.79 Å². The molecule has 1 aromatic carbocycles. The maximum absolute atomic E-state index is 11.5. The molecule has 1 N–H and O–H groups in total. The molecule has 4 heterocycles. The summed E-state index contributed by atoms with van der Waals surface area (Å²) in [6.07, 6.45) is 5.80. The van der Waals surface area contributed by atoms with Crippen LogP contribution in [0.15, 0.2) is 30.5 Å². The van der Waals surface area contributed by atoms with E-state index in [2.05, 4.69) is 38.1 Å². The summed E-state index contributed by atoms with van der Waals surface area (Å²) in [4.78, 5) is 21.1. The number of hydrogen-bond donors (Lipinski definition) is 1. The van der Waals surface area contributed by atoms with Gasteiger partial charge in [0.2, 0.25) is 0 Å². The lowest BCUT2D eigenvalue weighted by Gasteiger charge is -2.52. The second kappa shape index (κ2) is 9.40. The Kier molecular flexibility index (Phi) is 6.32. The Bertz CT molecular complexity index is 1330. The average molecular weight is 543 g/mol. The van der Waals surface area contributed by atoms with Gasteiger partial charge >= 0.3 is 5.97 Å². The summed E-state index contributed by atoms with van der Waals surface area (Å²) in [5.74, 6) is 1.59. The lowest BCUT2D eigenvalue weighted by atomic mass is 9.65. The number of anilines is 1. The lowest BCUT2D eigenvalue weighted by molar-refractivity contribution is -0.158. The molecule has 0 bridgehead atoms. The number of carboxylic acids is 1. The number of likely N-dealkylation sites (tertiary alicyclic amines) is 1. The highest BCUT2D eigenvalue weighted by Crippen LogP contribution is 2.45. The molecule has 2 aliphatic heterocycles. The van der Waals surface area contributed by atoms with Crippen LogP contribution in [-0.2, 0) is 4.79 Å². The first kappa shape index (κ1) is 24.9. The van der Waals surface area contributed by atoms with Crippen molar-refractivity contribution in [2.75, 3.05) is 31.1 Å². The molecule has 10 heteroatoms. The summed E-state index contributed by atoms with van der Waals surface area (Å²) in [5, 5.41) is 19.4. The number of piperidine rings is 1. The molecule has 3 aromatic rings. The second-order valence-corrected chi connectivity index (χ2v) is 12.2. The van der Waals surface area contributed by atoms with E-state index in [0.717, 1.165) is 61.4 Å². The monoisotopic (exact) mass is 542 g/mol. The number of benzene rings is 1. The van der Waals surface area contributed by atoms with Crippen molar-refractivity contribution in [1.29, 1.82) is 0 Å². The van der Waals surface area contributed by atoms with Crippen molar-refractivity contribution in [3.63, 3.8) is 0 Å². The van der Waals surface area contributed by atoms with Gasteiger partial charge in [0.05, 0.1) is 23.2 Å². The van der Waals surface area contributed by atoms with Gasteiger partial charge in [0, 0.05) is 41.8 Å². The van der Waals surface area contributed by atoms with Crippen molar-refractivity contribution < 1.29 is 9.90 Å². The largest absolute Gasteiger partial charge is 0.481 e.